The van der Waals surface area contributed by atoms with Gasteiger partial charge in [0.15, 0.2) is 0 Å². The summed E-state index contributed by atoms with van der Waals surface area (Å²) in [5.74, 6) is 3.46. The third kappa shape index (κ3) is 2.47. The summed E-state index contributed by atoms with van der Waals surface area (Å²) in [7, 11) is 0. The van der Waals surface area contributed by atoms with Crippen molar-refractivity contribution in [1.82, 2.24) is 0 Å². The maximum atomic E-state index is 10.1. The molecular formula is C11H14OS2. The predicted octanol–water partition coefficient (Wildman–Crippen LogP) is 2.57. The first-order valence-corrected chi connectivity index (χ1v) is 7.00. The molecule has 0 aromatic heterocycles. The molecule has 1 aliphatic heterocycles. The number of aliphatic hydroxyl groups excluding tert-OH is 1. The highest BCUT2D eigenvalue weighted by Gasteiger charge is 2.23. The molecule has 1 saturated heterocycles. The van der Waals surface area contributed by atoms with Crippen LogP contribution in [-0.4, -0.2) is 27.6 Å². The first-order valence-electron chi connectivity index (χ1n) is 4.80. The molecular weight excluding hydrogens is 212 g/mol. The summed E-state index contributed by atoms with van der Waals surface area (Å²) in [6, 6.07) is 9.96. The highest BCUT2D eigenvalue weighted by molar-refractivity contribution is 8.06. The lowest BCUT2D eigenvalue weighted by molar-refractivity contribution is 0.180. The van der Waals surface area contributed by atoms with Gasteiger partial charge in [-0.3, -0.25) is 0 Å². The van der Waals surface area contributed by atoms with E-state index in [0.29, 0.717) is 5.25 Å². The first kappa shape index (κ1) is 10.4. The van der Waals surface area contributed by atoms with E-state index in [-0.39, 0.29) is 6.10 Å². The molecule has 1 heterocycles. The van der Waals surface area contributed by atoms with Crippen LogP contribution in [0.4, 0.5) is 0 Å². The van der Waals surface area contributed by atoms with Gasteiger partial charge in [0.1, 0.15) is 0 Å². The molecule has 14 heavy (non-hydrogen) atoms. The van der Waals surface area contributed by atoms with Gasteiger partial charge in [0, 0.05) is 22.5 Å². The molecule has 3 heteroatoms. The molecule has 1 N–H and O–H groups in total. The van der Waals surface area contributed by atoms with Gasteiger partial charge in [-0.25, -0.2) is 0 Å². The summed E-state index contributed by atoms with van der Waals surface area (Å²) < 4.78 is 0. The van der Waals surface area contributed by atoms with E-state index in [1.807, 2.05) is 53.9 Å². The van der Waals surface area contributed by atoms with Crippen molar-refractivity contribution < 1.29 is 5.11 Å². The third-order valence-corrected chi connectivity index (χ3v) is 5.18. The summed E-state index contributed by atoms with van der Waals surface area (Å²) in [5, 5.41) is 10.5. The largest absolute Gasteiger partial charge is 0.387 e. The van der Waals surface area contributed by atoms with Crippen LogP contribution in [0.15, 0.2) is 30.3 Å². The lowest BCUT2D eigenvalue weighted by Gasteiger charge is -2.25. The van der Waals surface area contributed by atoms with Gasteiger partial charge in [-0.15, -0.1) is 0 Å². The van der Waals surface area contributed by atoms with E-state index in [1.54, 1.807) is 0 Å². The maximum Gasteiger partial charge on any atom is 0.0916 e. The Kier molecular flexibility index (Phi) is 3.79. The van der Waals surface area contributed by atoms with Crippen molar-refractivity contribution in [2.24, 2.45) is 0 Å². The van der Waals surface area contributed by atoms with Crippen molar-refractivity contribution in [1.29, 1.82) is 0 Å². The van der Waals surface area contributed by atoms with Crippen LogP contribution in [0.5, 0.6) is 0 Å². The molecule has 0 bridgehead atoms. The summed E-state index contributed by atoms with van der Waals surface area (Å²) >= 11 is 3.84. The van der Waals surface area contributed by atoms with Crippen LogP contribution < -0.4 is 0 Å². The first-order chi connectivity index (χ1) is 6.88. The van der Waals surface area contributed by atoms with Crippen molar-refractivity contribution in [3.8, 4) is 0 Å². The molecule has 0 amide bonds. The summed E-state index contributed by atoms with van der Waals surface area (Å²) in [6.07, 6.45) is -0.297. The Morgan fingerprint density at radius 1 is 1.21 bits per heavy atom. The standard InChI is InChI=1S/C11H14OS2/c12-11(9-4-2-1-3-5-9)10-8-13-6-7-14-10/h1-5,10-12H,6-8H2. The van der Waals surface area contributed by atoms with Crippen molar-refractivity contribution >= 4 is 23.5 Å². The fraction of sp³-hybridized carbons (Fsp3) is 0.455. The molecule has 2 atom stereocenters. The number of aliphatic hydroxyl groups is 1. The number of rotatable bonds is 2. The Labute approximate surface area is 93.3 Å². The zero-order valence-electron chi connectivity index (χ0n) is 7.93. The average molecular weight is 226 g/mol. The fourth-order valence-electron chi connectivity index (χ4n) is 1.55. The quantitative estimate of drug-likeness (QED) is 0.837. The topological polar surface area (TPSA) is 20.2 Å². The zero-order valence-corrected chi connectivity index (χ0v) is 9.56. The SMILES string of the molecule is OC(c1ccccc1)C1CSCCS1. The molecule has 1 nitrogen and oxygen atoms in total. The molecule has 76 valence electrons. The van der Waals surface area contributed by atoms with Crippen LogP contribution in [0, 0.1) is 0 Å². The van der Waals surface area contributed by atoms with Gasteiger partial charge in [0.05, 0.1) is 6.10 Å². The number of thioether (sulfide) groups is 2. The van der Waals surface area contributed by atoms with Crippen LogP contribution in [0.2, 0.25) is 0 Å². The Balaban J connectivity index is 2.03. The Bertz CT molecular complexity index is 270. The molecule has 1 fully saturated rings. The lowest BCUT2D eigenvalue weighted by Crippen LogP contribution is -2.22. The fourth-order valence-corrected chi connectivity index (χ4v) is 4.31. The van der Waals surface area contributed by atoms with Crippen LogP contribution >= 0.6 is 23.5 Å². The highest BCUT2D eigenvalue weighted by Crippen LogP contribution is 2.33. The van der Waals surface area contributed by atoms with Crippen LogP contribution in [0.1, 0.15) is 11.7 Å². The van der Waals surface area contributed by atoms with Gasteiger partial charge >= 0.3 is 0 Å². The van der Waals surface area contributed by atoms with E-state index in [9.17, 15) is 5.11 Å². The minimum Gasteiger partial charge on any atom is -0.387 e. The van der Waals surface area contributed by atoms with E-state index < -0.39 is 0 Å². The molecule has 1 aromatic carbocycles. The Hall–Kier alpha value is -0.120. The van der Waals surface area contributed by atoms with E-state index in [0.717, 1.165) is 11.3 Å². The molecule has 0 spiro atoms. The monoisotopic (exact) mass is 226 g/mol. The van der Waals surface area contributed by atoms with Crippen molar-refractivity contribution in [3.05, 3.63) is 35.9 Å². The van der Waals surface area contributed by atoms with Crippen molar-refractivity contribution in [3.63, 3.8) is 0 Å². The van der Waals surface area contributed by atoms with Crippen molar-refractivity contribution in [2.75, 3.05) is 17.3 Å². The molecule has 1 aromatic rings. The second-order valence-corrected chi connectivity index (χ2v) is 5.84. The molecule has 2 unspecified atom stereocenters. The molecule has 1 aliphatic rings. The summed E-state index contributed by atoms with van der Waals surface area (Å²) in [4.78, 5) is 0. The van der Waals surface area contributed by atoms with Gasteiger partial charge < -0.3 is 5.11 Å². The smallest absolute Gasteiger partial charge is 0.0916 e. The summed E-state index contributed by atoms with van der Waals surface area (Å²) in [5.41, 5.74) is 1.05. The molecule has 0 aliphatic carbocycles. The molecule has 0 radical (unpaired) electrons. The third-order valence-electron chi connectivity index (χ3n) is 2.33. The number of benzene rings is 1. The summed E-state index contributed by atoms with van der Waals surface area (Å²) in [6.45, 7) is 0. The van der Waals surface area contributed by atoms with Crippen LogP contribution in [-0.2, 0) is 0 Å². The van der Waals surface area contributed by atoms with Gasteiger partial charge in [0.25, 0.3) is 0 Å². The maximum absolute atomic E-state index is 10.1. The minimum atomic E-state index is -0.297. The second kappa shape index (κ2) is 5.10. The number of hydrogen-bond acceptors (Lipinski definition) is 3. The van der Waals surface area contributed by atoms with Gasteiger partial charge in [0.2, 0.25) is 0 Å². The minimum absolute atomic E-state index is 0.297. The van der Waals surface area contributed by atoms with Gasteiger partial charge in [-0.2, -0.15) is 23.5 Å². The van der Waals surface area contributed by atoms with Gasteiger partial charge in [-0.1, -0.05) is 30.3 Å². The van der Waals surface area contributed by atoms with E-state index in [4.69, 9.17) is 0 Å². The van der Waals surface area contributed by atoms with E-state index in [1.165, 1.54) is 11.5 Å². The number of hydrogen-bond donors (Lipinski definition) is 1. The van der Waals surface area contributed by atoms with Crippen molar-refractivity contribution in [2.45, 2.75) is 11.4 Å². The van der Waals surface area contributed by atoms with E-state index >= 15 is 0 Å². The average Bonchev–Trinajstić information content (AvgIpc) is 2.30. The van der Waals surface area contributed by atoms with E-state index in [2.05, 4.69) is 0 Å². The molecule has 0 saturated carbocycles. The second-order valence-electron chi connectivity index (χ2n) is 3.34. The van der Waals surface area contributed by atoms with Crippen LogP contribution in [0.3, 0.4) is 0 Å². The predicted molar refractivity (Wildman–Crippen MR) is 65.0 cm³/mol. The Morgan fingerprint density at radius 2 is 2.00 bits per heavy atom. The normalized spacial score (nSPS) is 24.5. The zero-order chi connectivity index (χ0) is 9.80. The highest BCUT2D eigenvalue weighted by atomic mass is 32.2. The van der Waals surface area contributed by atoms with Crippen LogP contribution in [0.25, 0.3) is 0 Å². The lowest BCUT2D eigenvalue weighted by atomic mass is 10.1. The van der Waals surface area contributed by atoms with Gasteiger partial charge in [-0.05, 0) is 5.56 Å². The molecule has 2 rings (SSSR count). The Morgan fingerprint density at radius 3 is 2.64 bits per heavy atom.